The molecule has 2 aromatic rings. The van der Waals surface area contributed by atoms with Gasteiger partial charge in [-0.25, -0.2) is 4.79 Å². The summed E-state index contributed by atoms with van der Waals surface area (Å²) >= 11 is 0. The van der Waals surface area contributed by atoms with Crippen molar-refractivity contribution in [2.45, 2.75) is 13.0 Å². The molecule has 2 aromatic carbocycles. The lowest BCUT2D eigenvalue weighted by molar-refractivity contribution is -0.141. The minimum Gasteiger partial charge on any atom is -0.488 e. The average Bonchev–Trinajstić information content (AvgIpc) is 2.61. The van der Waals surface area contributed by atoms with Gasteiger partial charge in [-0.15, -0.1) is 0 Å². The molecule has 1 heterocycles. The Morgan fingerprint density at radius 3 is 2.52 bits per heavy atom. The van der Waals surface area contributed by atoms with Crippen molar-refractivity contribution in [2.24, 2.45) is 0 Å². The Hall–Kier alpha value is -2.88. The van der Waals surface area contributed by atoms with E-state index in [9.17, 15) is 9.59 Å². The second-order valence-corrected chi connectivity index (χ2v) is 5.27. The largest absolute Gasteiger partial charge is 0.488 e. The second-order valence-electron chi connectivity index (χ2n) is 5.27. The number of hydrogen-bond acceptors (Lipinski definition) is 4. The Kier molecular flexibility index (Phi) is 4.24. The topological polar surface area (TPSA) is 52.6 Å². The number of esters is 1. The lowest BCUT2D eigenvalue weighted by Crippen LogP contribution is -2.27. The minimum atomic E-state index is -0.844. The van der Waals surface area contributed by atoms with Crippen LogP contribution in [0.4, 0.5) is 0 Å². The highest BCUT2D eigenvalue weighted by atomic mass is 16.5. The number of rotatable bonds is 4. The van der Waals surface area contributed by atoms with Crippen molar-refractivity contribution in [3.8, 4) is 5.75 Å². The van der Waals surface area contributed by atoms with Crippen molar-refractivity contribution in [3.05, 3.63) is 71.3 Å². The predicted octanol–water partition coefficient (Wildman–Crippen LogP) is 3.28. The van der Waals surface area contributed by atoms with Crippen LogP contribution in [0, 0.1) is 0 Å². The van der Waals surface area contributed by atoms with Gasteiger partial charge in [0, 0.05) is 11.1 Å². The highest BCUT2D eigenvalue weighted by Gasteiger charge is 2.23. The average molecular weight is 308 g/mol. The van der Waals surface area contributed by atoms with E-state index < -0.39 is 12.1 Å². The van der Waals surface area contributed by atoms with Crippen LogP contribution in [0.15, 0.2) is 60.2 Å². The normalized spacial score (nSPS) is 14.0. The number of hydrogen-bond donors (Lipinski definition) is 0. The van der Waals surface area contributed by atoms with E-state index in [1.54, 1.807) is 37.3 Å². The van der Waals surface area contributed by atoms with Gasteiger partial charge in [-0.3, -0.25) is 4.79 Å². The number of ether oxygens (including phenoxy) is 2. The maximum absolute atomic E-state index is 12.2. The summed E-state index contributed by atoms with van der Waals surface area (Å²) in [6.07, 6.45) is 0.893. The van der Waals surface area contributed by atoms with Gasteiger partial charge in [0.1, 0.15) is 12.4 Å². The van der Waals surface area contributed by atoms with Crippen molar-refractivity contribution in [1.29, 1.82) is 0 Å². The lowest BCUT2D eigenvalue weighted by Gasteiger charge is -2.18. The summed E-state index contributed by atoms with van der Waals surface area (Å²) < 4.78 is 10.8. The summed E-state index contributed by atoms with van der Waals surface area (Å²) in [5, 5.41) is 0. The minimum absolute atomic E-state index is 0.141. The van der Waals surface area contributed by atoms with E-state index in [0.29, 0.717) is 11.1 Å². The van der Waals surface area contributed by atoms with Crippen LogP contribution in [-0.4, -0.2) is 24.5 Å². The predicted molar refractivity (Wildman–Crippen MR) is 86.2 cm³/mol. The number of para-hydroxylation sites is 1. The van der Waals surface area contributed by atoms with Gasteiger partial charge in [-0.05, 0) is 19.1 Å². The zero-order valence-electron chi connectivity index (χ0n) is 12.7. The Morgan fingerprint density at radius 1 is 1.04 bits per heavy atom. The van der Waals surface area contributed by atoms with Gasteiger partial charge in [0.15, 0.2) is 6.10 Å². The summed E-state index contributed by atoms with van der Waals surface area (Å²) in [5.74, 6) is -0.0228. The van der Waals surface area contributed by atoms with Crippen LogP contribution >= 0.6 is 0 Å². The van der Waals surface area contributed by atoms with Crippen LogP contribution in [0.1, 0.15) is 22.8 Å². The summed E-state index contributed by atoms with van der Waals surface area (Å²) in [4.78, 5) is 24.5. The molecule has 0 fully saturated rings. The monoisotopic (exact) mass is 308 g/mol. The SMILES string of the molecule is C[C@H](OC(=O)C1=Cc2ccccc2OC1)C(=O)c1ccccc1. The fourth-order valence-electron chi connectivity index (χ4n) is 2.36. The van der Waals surface area contributed by atoms with E-state index in [0.717, 1.165) is 11.3 Å². The third-order valence-electron chi connectivity index (χ3n) is 3.61. The van der Waals surface area contributed by atoms with Gasteiger partial charge in [-0.2, -0.15) is 0 Å². The standard InChI is InChI=1S/C19H16O4/c1-13(18(20)14-7-3-2-4-8-14)23-19(21)16-11-15-9-5-6-10-17(15)22-12-16/h2-11,13H,12H2,1H3/t13-/m0/s1. The molecule has 4 heteroatoms. The molecule has 0 N–H and O–H groups in total. The maximum Gasteiger partial charge on any atom is 0.338 e. The highest BCUT2D eigenvalue weighted by molar-refractivity contribution is 6.02. The Bertz CT molecular complexity index is 762. The van der Waals surface area contributed by atoms with E-state index in [4.69, 9.17) is 9.47 Å². The molecule has 1 aliphatic heterocycles. The molecule has 0 bridgehead atoms. The van der Waals surface area contributed by atoms with Crippen molar-refractivity contribution >= 4 is 17.8 Å². The van der Waals surface area contributed by atoms with Gasteiger partial charge in [0.05, 0.1) is 5.57 Å². The van der Waals surface area contributed by atoms with Gasteiger partial charge in [0.25, 0.3) is 0 Å². The molecular weight excluding hydrogens is 292 g/mol. The van der Waals surface area contributed by atoms with E-state index in [-0.39, 0.29) is 12.4 Å². The number of ketones is 1. The smallest absolute Gasteiger partial charge is 0.338 e. The quantitative estimate of drug-likeness (QED) is 0.642. The van der Waals surface area contributed by atoms with Crippen LogP contribution in [0.5, 0.6) is 5.75 Å². The molecule has 0 saturated carbocycles. The molecule has 4 nitrogen and oxygen atoms in total. The number of benzene rings is 2. The van der Waals surface area contributed by atoms with E-state index >= 15 is 0 Å². The van der Waals surface area contributed by atoms with Crippen molar-refractivity contribution in [3.63, 3.8) is 0 Å². The molecule has 0 aliphatic carbocycles. The molecule has 1 aliphatic rings. The first-order chi connectivity index (χ1) is 11.1. The Morgan fingerprint density at radius 2 is 1.74 bits per heavy atom. The van der Waals surface area contributed by atoms with E-state index in [1.165, 1.54) is 0 Å². The van der Waals surface area contributed by atoms with Crippen LogP contribution in [0.2, 0.25) is 0 Å². The molecule has 1 atom stereocenters. The van der Waals surface area contributed by atoms with Crippen molar-refractivity contribution in [1.82, 2.24) is 0 Å². The molecule has 0 amide bonds. The van der Waals surface area contributed by atoms with Crippen LogP contribution in [0.25, 0.3) is 6.08 Å². The zero-order chi connectivity index (χ0) is 16.2. The van der Waals surface area contributed by atoms with Crippen LogP contribution in [0.3, 0.4) is 0 Å². The molecule has 0 saturated heterocycles. The second kappa shape index (κ2) is 6.48. The van der Waals surface area contributed by atoms with E-state index in [1.807, 2.05) is 30.3 Å². The zero-order valence-corrected chi connectivity index (χ0v) is 12.7. The molecular formula is C19H16O4. The molecule has 0 spiro atoms. The Labute approximate surface area is 134 Å². The first kappa shape index (κ1) is 15.0. The third kappa shape index (κ3) is 3.31. The van der Waals surface area contributed by atoms with Gasteiger partial charge >= 0.3 is 5.97 Å². The summed E-state index contributed by atoms with van der Waals surface area (Å²) in [7, 11) is 0. The van der Waals surface area contributed by atoms with E-state index in [2.05, 4.69) is 0 Å². The first-order valence-corrected chi connectivity index (χ1v) is 7.38. The summed E-state index contributed by atoms with van der Waals surface area (Å²) in [6, 6.07) is 16.2. The van der Waals surface area contributed by atoms with Gasteiger partial charge in [0.2, 0.25) is 5.78 Å². The fourth-order valence-corrected chi connectivity index (χ4v) is 2.36. The van der Waals surface area contributed by atoms with Gasteiger partial charge < -0.3 is 9.47 Å². The Balaban J connectivity index is 1.70. The molecule has 3 rings (SSSR count). The molecule has 0 unspecified atom stereocenters. The third-order valence-corrected chi connectivity index (χ3v) is 3.61. The fraction of sp³-hybridized carbons (Fsp3) is 0.158. The van der Waals surface area contributed by atoms with Crippen molar-refractivity contribution < 1.29 is 19.1 Å². The maximum atomic E-state index is 12.2. The van der Waals surface area contributed by atoms with Crippen LogP contribution < -0.4 is 4.74 Å². The number of carbonyl (C=O) groups excluding carboxylic acids is 2. The van der Waals surface area contributed by atoms with Crippen LogP contribution in [-0.2, 0) is 9.53 Å². The van der Waals surface area contributed by atoms with Crippen molar-refractivity contribution in [2.75, 3.05) is 6.61 Å². The number of carbonyl (C=O) groups is 2. The molecule has 116 valence electrons. The lowest BCUT2D eigenvalue weighted by atomic mass is 10.1. The van der Waals surface area contributed by atoms with Gasteiger partial charge in [-0.1, -0.05) is 48.5 Å². The molecule has 0 radical (unpaired) electrons. The highest BCUT2D eigenvalue weighted by Crippen LogP contribution is 2.26. The molecule has 0 aromatic heterocycles. The number of fused-ring (bicyclic) bond motifs is 1. The summed E-state index contributed by atoms with van der Waals surface area (Å²) in [6.45, 7) is 1.72. The summed E-state index contributed by atoms with van der Waals surface area (Å²) in [5.41, 5.74) is 1.75. The molecule has 23 heavy (non-hydrogen) atoms. The first-order valence-electron chi connectivity index (χ1n) is 7.38. The number of Topliss-reactive ketones (excluding diaryl/α,β-unsaturated/α-hetero) is 1.